The maximum absolute atomic E-state index is 14.8. The van der Waals surface area contributed by atoms with Gasteiger partial charge >= 0.3 is 0 Å². The van der Waals surface area contributed by atoms with Crippen molar-refractivity contribution in [1.29, 1.82) is 0 Å². The average Bonchev–Trinajstić information content (AvgIpc) is 2.69. The lowest BCUT2D eigenvalue weighted by Crippen LogP contribution is -2.35. The molecule has 162 valence electrons. The van der Waals surface area contributed by atoms with E-state index in [4.69, 9.17) is 18.9 Å². The van der Waals surface area contributed by atoms with Crippen LogP contribution in [-0.2, 0) is 18.9 Å². The van der Waals surface area contributed by atoms with Crippen LogP contribution in [0.3, 0.4) is 0 Å². The van der Waals surface area contributed by atoms with Crippen LogP contribution in [0.2, 0.25) is 0 Å². The third-order valence-electron chi connectivity index (χ3n) is 4.11. The molecular weight excluding hydrogens is 384 g/mol. The molecule has 0 aromatic heterocycles. The van der Waals surface area contributed by atoms with Crippen molar-refractivity contribution in [2.45, 2.75) is 0 Å². The van der Waals surface area contributed by atoms with E-state index < -0.39 is 34.6 Å². The summed E-state index contributed by atoms with van der Waals surface area (Å²) in [5.74, 6) is -5.89. The molecule has 0 aliphatic heterocycles. The number of benzene rings is 1. The molecule has 0 atom stereocenters. The Hall–Kier alpha value is -1.62. The van der Waals surface area contributed by atoms with Gasteiger partial charge in [-0.3, -0.25) is 0 Å². The zero-order chi connectivity index (χ0) is 21.1. The molecule has 0 fully saturated rings. The number of nitrogens with zero attached hydrogens (tertiary/aromatic N) is 2. The van der Waals surface area contributed by atoms with E-state index in [1.807, 2.05) is 0 Å². The quantitative estimate of drug-likeness (QED) is 0.346. The van der Waals surface area contributed by atoms with Gasteiger partial charge in [0.25, 0.3) is 0 Å². The molecule has 0 aliphatic carbocycles. The Morgan fingerprint density at radius 3 is 0.893 bits per heavy atom. The summed E-state index contributed by atoms with van der Waals surface area (Å²) < 4.78 is 78.9. The van der Waals surface area contributed by atoms with Crippen LogP contribution in [0, 0.1) is 23.3 Å². The Labute approximate surface area is 162 Å². The normalized spacial score (nSPS) is 11.1. The Balaban J connectivity index is 3.40. The summed E-state index contributed by atoms with van der Waals surface area (Å²) >= 11 is 0. The van der Waals surface area contributed by atoms with E-state index in [0.29, 0.717) is 0 Å². The van der Waals surface area contributed by atoms with E-state index in [-0.39, 0.29) is 52.6 Å². The third-order valence-corrected chi connectivity index (χ3v) is 4.11. The van der Waals surface area contributed by atoms with Crippen molar-refractivity contribution in [3.05, 3.63) is 23.3 Å². The van der Waals surface area contributed by atoms with Crippen LogP contribution in [0.25, 0.3) is 0 Å². The molecule has 1 aromatic carbocycles. The Kier molecular flexibility index (Phi) is 11.1. The molecule has 6 nitrogen and oxygen atoms in total. The minimum atomic E-state index is -1.47. The van der Waals surface area contributed by atoms with Gasteiger partial charge in [0.15, 0.2) is 23.3 Å². The van der Waals surface area contributed by atoms with E-state index >= 15 is 0 Å². The van der Waals surface area contributed by atoms with Crippen LogP contribution in [-0.4, -0.2) is 81.0 Å². The van der Waals surface area contributed by atoms with Gasteiger partial charge in [-0.25, -0.2) is 17.6 Å². The molecule has 0 bridgehead atoms. The van der Waals surface area contributed by atoms with Crippen molar-refractivity contribution < 1.29 is 36.5 Å². The lowest BCUT2D eigenvalue weighted by atomic mass is 10.1. The second-order valence-electron chi connectivity index (χ2n) is 5.90. The number of ether oxygens (including phenoxy) is 4. The largest absolute Gasteiger partial charge is 0.383 e. The van der Waals surface area contributed by atoms with Crippen molar-refractivity contribution in [2.24, 2.45) is 0 Å². The molecule has 0 spiro atoms. The maximum atomic E-state index is 14.8. The number of halogens is 4. The minimum absolute atomic E-state index is 0.0307. The van der Waals surface area contributed by atoms with Gasteiger partial charge < -0.3 is 28.7 Å². The molecule has 10 heteroatoms. The first-order valence-electron chi connectivity index (χ1n) is 8.76. The first kappa shape index (κ1) is 24.4. The smallest absolute Gasteiger partial charge is 0.187 e. The molecule has 1 aromatic rings. The number of methoxy groups -OCH3 is 4. The molecular formula is C18H28F4N2O4. The molecule has 0 N–H and O–H groups in total. The highest BCUT2D eigenvalue weighted by molar-refractivity contribution is 5.61. The van der Waals surface area contributed by atoms with Gasteiger partial charge in [-0.2, -0.15) is 0 Å². The summed E-state index contributed by atoms with van der Waals surface area (Å²) in [6, 6.07) is 0. The van der Waals surface area contributed by atoms with Gasteiger partial charge in [-0.05, 0) is 0 Å². The first-order chi connectivity index (χ1) is 13.4. The second-order valence-corrected chi connectivity index (χ2v) is 5.90. The number of hydrogen-bond donors (Lipinski definition) is 0. The molecule has 0 radical (unpaired) electrons. The summed E-state index contributed by atoms with van der Waals surface area (Å²) in [6.45, 7) is 0.573. The fourth-order valence-corrected chi connectivity index (χ4v) is 2.64. The summed E-state index contributed by atoms with van der Waals surface area (Å²) in [4.78, 5) is 2.31. The zero-order valence-corrected chi connectivity index (χ0v) is 16.7. The molecule has 1 rings (SSSR count). The molecule has 0 saturated carbocycles. The molecule has 0 saturated heterocycles. The van der Waals surface area contributed by atoms with Crippen LogP contribution >= 0.6 is 0 Å². The fourth-order valence-electron chi connectivity index (χ4n) is 2.64. The van der Waals surface area contributed by atoms with E-state index in [9.17, 15) is 17.6 Å². The van der Waals surface area contributed by atoms with Gasteiger partial charge in [0.2, 0.25) is 0 Å². The average molecular weight is 412 g/mol. The van der Waals surface area contributed by atoms with Crippen molar-refractivity contribution in [2.75, 3.05) is 90.8 Å². The summed E-state index contributed by atoms with van der Waals surface area (Å²) in [6.07, 6.45) is 0. The summed E-state index contributed by atoms with van der Waals surface area (Å²) in [7, 11) is 5.65. The van der Waals surface area contributed by atoms with E-state index in [1.54, 1.807) is 0 Å². The number of anilines is 2. The summed E-state index contributed by atoms with van der Waals surface area (Å²) in [5, 5.41) is 0. The second kappa shape index (κ2) is 12.8. The highest BCUT2D eigenvalue weighted by Gasteiger charge is 2.31. The zero-order valence-electron chi connectivity index (χ0n) is 16.7. The molecule has 0 unspecified atom stereocenters. The highest BCUT2D eigenvalue weighted by Crippen LogP contribution is 2.35. The SMILES string of the molecule is COCCN(CCOC)c1c(F)c(F)c(N(CCOC)CCOC)c(F)c1F. The lowest BCUT2D eigenvalue weighted by molar-refractivity contribution is 0.188. The van der Waals surface area contributed by atoms with Crippen molar-refractivity contribution in [1.82, 2.24) is 0 Å². The van der Waals surface area contributed by atoms with Gasteiger partial charge in [-0.1, -0.05) is 0 Å². The number of hydrogen-bond acceptors (Lipinski definition) is 6. The topological polar surface area (TPSA) is 43.4 Å². The predicted molar refractivity (Wildman–Crippen MR) is 98.2 cm³/mol. The van der Waals surface area contributed by atoms with Crippen LogP contribution in [0.1, 0.15) is 0 Å². The van der Waals surface area contributed by atoms with Gasteiger partial charge in [-0.15, -0.1) is 0 Å². The standard InChI is InChI=1S/C18H28F4N2O4/c1-25-9-5-23(6-10-26-2)17-13(19)15(21)18(16(22)14(17)20)24(7-11-27-3)8-12-28-4/h5-12H2,1-4H3. The van der Waals surface area contributed by atoms with E-state index in [0.717, 1.165) is 9.80 Å². The highest BCUT2D eigenvalue weighted by atomic mass is 19.2. The number of rotatable bonds is 14. The predicted octanol–water partition coefficient (Wildman–Crippen LogP) is 2.44. The third kappa shape index (κ3) is 6.20. The van der Waals surface area contributed by atoms with Gasteiger partial charge in [0.05, 0.1) is 26.4 Å². The molecule has 0 amide bonds. The van der Waals surface area contributed by atoms with Crippen molar-refractivity contribution in [3.8, 4) is 0 Å². The molecule has 0 heterocycles. The Morgan fingerprint density at radius 2 is 0.714 bits per heavy atom. The molecule has 28 heavy (non-hydrogen) atoms. The maximum Gasteiger partial charge on any atom is 0.187 e. The van der Waals surface area contributed by atoms with E-state index in [1.165, 1.54) is 28.4 Å². The van der Waals surface area contributed by atoms with E-state index in [2.05, 4.69) is 0 Å². The minimum Gasteiger partial charge on any atom is -0.383 e. The molecule has 0 aliphatic rings. The van der Waals surface area contributed by atoms with Gasteiger partial charge in [0, 0.05) is 54.6 Å². The lowest BCUT2D eigenvalue weighted by Gasteiger charge is -2.29. The van der Waals surface area contributed by atoms with Crippen molar-refractivity contribution >= 4 is 11.4 Å². The van der Waals surface area contributed by atoms with Crippen LogP contribution < -0.4 is 9.80 Å². The fraction of sp³-hybridized carbons (Fsp3) is 0.667. The Bertz CT molecular complexity index is 511. The van der Waals surface area contributed by atoms with Crippen LogP contribution in [0.4, 0.5) is 28.9 Å². The van der Waals surface area contributed by atoms with Crippen LogP contribution in [0.15, 0.2) is 0 Å². The van der Waals surface area contributed by atoms with Gasteiger partial charge in [0.1, 0.15) is 11.4 Å². The monoisotopic (exact) mass is 412 g/mol. The first-order valence-corrected chi connectivity index (χ1v) is 8.76. The summed E-state index contributed by atoms with van der Waals surface area (Å²) in [5.41, 5.74) is -1.57. The van der Waals surface area contributed by atoms with Crippen molar-refractivity contribution in [3.63, 3.8) is 0 Å². The Morgan fingerprint density at radius 1 is 0.500 bits per heavy atom. The van der Waals surface area contributed by atoms with Crippen LogP contribution in [0.5, 0.6) is 0 Å².